The van der Waals surface area contributed by atoms with Crippen LogP contribution in [0.4, 0.5) is 0 Å². The highest BCUT2D eigenvalue weighted by molar-refractivity contribution is 5.79. The summed E-state index contributed by atoms with van der Waals surface area (Å²) < 4.78 is 0. The van der Waals surface area contributed by atoms with Gasteiger partial charge in [-0.1, -0.05) is 13.8 Å². The highest BCUT2D eigenvalue weighted by Gasteiger charge is 2.63. The first-order chi connectivity index (χ1) is 11.3. The van der Waals surface area contributed by atoms with Crippen LogP contribution in [0, 0.1) is 40.4 Å². The Morgan fingerprint density at radius 1 is 0.958 bits per heavy atom. The van der Waals surface area contributed by atoms with E-state index >= 15 is 0 Å². The number of ketones is 1. The van der Waals surface area contributed by atoms with Gasteiger partial charge in [-0.15, -0.1) is 0 Å². The highest BCUT2D eigenvalue weighted by atomic mass is 16.3. The number of carbonyl (C=O) groups excluding carboxylic acids is 1. The molecule has 0 unspecified atom stereocenters. The van der Waals surface area contributed by atoms with Gasteiger partial charge in [-0.2, -0.15) is 0 Å². The number of hydrogen-bond donors (Lipinski definition) is 2. The van der Waals surface area contributed by atoms with E-state index < -0.39 is 0 Å². The molecule has 4 rings (SSSR count). The van der Waals surface area contributed by atoms with Gasteiger partial charge in [0.15, 0.2) is 0 Å². The fourth-order valence-corrected chi connectivity index (χ4v) is 7.86. The second-order valence-corrected chi connectivity index (χ2v) is 9.94. The Bertz CT molecular complexity index is 531. The molecule has 0 spiro atoms. The molecule has 24 heavy (non-hydrogen) atoms. The van der Waals surface area contributed by atoms with Crippen LogP contribution in [0.5, 0.6) is 0 Å². The van der Waals surface area contributed by atoms with E-state index in [1.807, 2.05) is 0 Å². The predicted octanol–water partition coefficient (Wildman–Crippen LogP) is 3.57. The second kappa shape index (κ2) is 5.54. The first-order valence-corrected chi connectivity index (χ1v) is 10.1. The lowest BCUT2D eigenvalue weighted by molar-refractivity contribution is -0.173. The number of aliphatic hydroxyl groups is 2. The molecule has 4 aliphatic rings. The van der Waals surface area contributed by atoms with Gasteiger partial charge in [-0.05, 0) is 87.4 Å². The van der Waals surface area contributed by atoms with E-state index in [-0.39, 0.29) is 34.7 Å². The molecule has 2 N–H and O–H groups in total. The lowest BCUT2D eigenvalue weighted by atomic mass is 9.44. The summed E-state index contributed by atoms with van der Waals surface area (Å²) in [4.78, 5) is 12.2. The fourth-order valence-electron chi connectivity index (χ4n) is 7.86. The number of fused-ring (bicyclic) bond motifs is 5. The van der Waals surface area contributed by atoms with Gasteiger partial charge in [-0.25, -0.2) is 0 Å². The van der Waals surface area contributed by atoms with Gasteiger partial charge in [0, 0.05) is 11.3 Å². The zero-order chi connectivity index (χ0) is 17.3. The van der Waals surface area contributed by atoms with E-state index in [4.69, 9.17) is 0 Å². The Labute approximate surface area is 146 Å². The quantitative estimate of drug-likeness (QED) is 0.771. The summed E-state index contributed by atoms with van der Waals surface area (Å²) in [5.41, 5.74) is 0.0726. The van der Waals surface area contributed by atoms with Crippen LogP contribution in [0.3, 0.4) is 0 Å². The van der Waals surface area contributed by atoms with E-state index in [9.17, 15) is 15.0 Å². The number of hydrogen-bond acceptors (Lipinski definition) is 3. The van der Waals surface area contributed by atoms with Crippen molar-refractivity contribution in [3.05, 3.63) is 0 Å². The van der Waals surface area contributed by atoms with E-state index in [0.29, 0.717) is 23.7 Å². The van der Waals surface area contributed by atoms with Crippen molar-refractivity contribution >= 4 is 5.78 Å². The Morgan fingerprint density at radius 2 is 1.71 bits per heavy atom. The molecule has 0 aromatic carbocycles. The van der Waals surface area contributed by atoms with E-state index in [1.54, 1.807) is 6.92 Å². The molecular weight excluding hydrogens is 300 g/mol. The van der Waals surface area contributed by atoms with Crippen LogP contribution >= 0.6 is 0 Å². The summed E-state index contributed by atoms with van der Waals surface area (Å²) in [5.74, 6) is 2.69. The first-order valence-electron chi connectivity index (χ1n) is 10.1. The molecule has 4 fully saturated rings. The maximum absolute atomic E-state index is 12.2. The van der Waals surface area contributed by atoms with Crippen molar-refractivity contribution in [3.63, 3.8) is 0 Å². The molecule has 0 aromatic rings. The number of aliphatic hydroxyl groups excluding tert-OH is 2. The Morgan fingerprint density at radius 3 is 2.42 bits per heavy atom. The van der Waals surface area contributed by atoms with Crippen molar-refractivity contribution in [1.29, 1.82) is 0 Å². The van der Waals surface area contributed by atoms with Crippen molar-refractivity contribution in [2.45, 2.75) is 84.3 Å². The van der Waals surface area contributed by atoms with Gasteiger partial charge >= 0.3 is 0 Å². The minimum Gasteiger partial charge on any atom is -0.393 e. The van der Waals surface area contributed by atoms with Crippen LogP contribution in [0.15, 0.2) is 0 Å². The largest absolute Gasteiger partial charge is 0.393 e. The Balaban J connectivity index is 1.66. The molecule has 0 amide bonds. The van der Waals surface area contributed by atoms with Crippen LogP contribution in [-0.2, 0) is 4.79 Å². The summed E-state index contributed by atoms with van der Waals surface area (Å²) >= 11 is 0. The molecule has 0 saturated heterocycles. The van der Waals surface area contributed by atoms with Crippen LogP contribution in [-0.4, -0.2) is 28.2 Å². The summed E-state index contributed by atoms with van der Waals surface area (Å²) in [6, 6.07) is 0. The van der Waals surface area contributed by atoms with Crippen molar-refractivity contribution in [2.24, 2.45) is 40.4 Å². The van der Waals surface area contributed by atoms with E-state index in [1.165, 1.54) is 12.8 Å². The minimum absolute atomic E-state index is 0.0529. The molecule has 0 heterocycles. The second-order valence-electron chi connectivity index (χ2n) is 9.94. The maximum Gasteiger partial charge on any atom is 0.133 e. The normalized spacial score (nSPS) is 57.0. The fraction of sp³-hybridized carbons (Fsp3) is 0.952. The zero-order valence-electron chi connectivity index (χ0n) is 15.5. The van der Waals surface area contributed by atoms with Gasteiger partial charge in [-0.3, -0.25) is 4.79 Å². The molecule has 0 aliphatic heterocycles. The smallest absolute Gasteiger partial charge is 0.133 e. The Hall–Kier alpha value is -0.410. The van der Waals surface area contributed by atoms with Gasteiger partial charge in [0.2, 0.25) is 0 Å². The van der Waals surface area contributed by atoms with Crippen LogP contribution < -0.4 is 0 Å². The molecule has 0 bridgehead atoms. The highest BCUT2D eigenvalue weighted by Crippen LogP contribution is 2.67. The molecule has 136 valence electrons. The number of Topliss-reactive ketones (excluding diaryl/α,β-unsaturated/α-hetero) is 1. The average molecular weight is 335 g/mol. The monoisotopic (exact) mass is 334 g/mol. The lowest BCUT2D eigenvalue weighted by Gasteiger charge is -2.62. The zero-order valence-corrected chi connectivity index (χ0v) is 15.5. The maximum atomic E-state index is 12.2. The standard InChI is InChI=1S/C21H34O3/c1-12(22)16-6-7-17-15-5-4-13-10-14(23)8-9-20(13,2)18(15)11-19(24)21(16,17)3/h13-19,23-24H,4-11H2,1-3H3/t13-,14-,15+,16-,17+,18+,19-,20-,21-/m0/s1. The molecule has 9 atom stereocenters. The predicted molar refractivity (Wildman–Crippen MR) is 93.3 cm³/mol. The van der Waals surface area contributed by atoms with E-state index in [2.05, 4.69) is 13.8 Å². The SMILES string of the molecule is CC(=O)[C@@H]1CC[C@@H]2[C@H]3CC[C@H]4C[C@@H](O)CC[C@]4(C)[C@@H]3C[C@H](O)[C@]21C. The summed E-state index contributed by atoms with van der Waals surface area (Å²) in [5, 5.41) is 21.3. The minimum atomic E-state index is -0.345. The number of carbonyl (C=O) groups is 1. The van der Waals surface area contributed by atoms with Crippen LogP contribution in [0.25, 0.3) is 0 Å². The van der Waals surface area contributed by atoms with Crippen molar-refractivity contribution < 1.29 is 15.0 Å². The molecule has 4 saturated carbocycles. The van der Waals surface area contributed by atoms with Gasteiger partial charge in [0.25, 0.3) is 0 Å². The third-order valence-electron chi connectivity index (χ3n) is 9.24. The lowest BCUT2D eigenvalue weighted by Crippen LogP contribution is -2.58. The summed E-state index contributed by atoms with van der Waals surface area (Å²) in [6.07, 6.45) is 7.92. The summed E-state index contributed by atoms with van der Waals surface area (Å²) in [6.45, 7) is 6.36. The molecule has 3 nitrogen and oxygen atoms in total. The van der Waals surface area contributed by atoms with Crippen LogP contribution in [0.1, 0.15) is 72.1 Å². The van der Waals surface area contributed by atoms with Gasteiger partial charge < -0.3 is 10.2 Å². The van der Waals surface area contributed by atoms with Crippen molar-refractivity contribution in [2.75, 3.05) is 0 Å². The van der Waals surface area contributed by atoms with Crippen molar-refractivity contribution in [3.8, 4) is 0 Å². The van der Waals surface area contributed by atoms with Gasteiger partial charge in [0.1, 0.15) is 5.78 Å². The van der Waals surface area contributed by atoms with Gasteiger partial charge in [0.05, 0.1) is 12.2 Å². The summed E-state index contributed by atoms with van der Waals surface area (Å²) in [7, 11) is 0. The van der Waals surface area contributed by atoms with E-state index in [0.717, 1.165) is 38.5 Å². The molecular formula is C21H34O3. The van der Waals surface area contributed by atoms with Crippen molar-refractivity contribution in [1.82, 2.24) is 0 Å². The third-order valence-corrected chi connectivity index (χ3v) is 9.24. The number of rotatable bonds is 1. The van der Waals surface area contributed by atoms with Crippen LogP contribution in [0.2, 0.25) is 0 Å². The topological polar surface area (TPSA) is 57.5 Å². The molecule has 4 aliphatic carbocycles. The molecule has 3 heteroatoms. The third kappa shape index (κ3) is 2.13. The molecule has 0 aromatic heterocycles. The first kappa shape index (κ1) is 17.0. The average Bonchev–Trinajstić information content (AvgIpc) is 2.88. The Kier molecular flexibility index (Phi) is 3.93. The molecule has 0 radical (unpaired) electrons.